The van der Waals surface area contributed by atoms with Gasteiger partial charge in [-0.25, -0.2) is 14.0 Å². The highest BCUT2D eigenvalue weighted by molar-refractivity contribution is 6.20. The molecule has 0 aliphatic carbocycles. The number of cyclic esters (lactones) is 1. The molecule has 198 valence electrons. The Morgan fingerprint density at radius 2 is 2.00 bits per heavy atom. The first-order chi connectivity index (χ1) is 18.2. The normalized spacial score (nSPS) is 28.0. The smallest absolute Gasteiger partial charge is 0.416 e. The lowest BCUT2D eigenvalue weighted by Gasteiger charge is -2.55. The number of amides is 5. The zero-order valence-corrected chi connectivity index (χ0v) is 20.1. The summed E-state index contributed by atoms with van der Waals surface area (Å²) < 4.78 is 32.6. The zero-order valence-electron chi connectivity index (χ0n) is 20.1. The number of benzene rings is 1. The van der Waals surface area contributed by atoms with Gasteiger partial charge in [0.25, 0.3) is 0 Å². The van der Waals surface area contributed by atoms with Gasteiger partial charge in [-0.3, -0.25) is 25.1 Å². The molecule has 4 aliphatic heterocycles. The Hall–Kier alpha value is -4.43. The third-order valence-corrected chi connectivity index (χ3v) is 7.49. The number of barbiturate groups is 1. The third kappa shape index (κ3) is 3.16. The Balaban J connectivity index is 1.55. The zero-order chi connectivity index (χ0) is 26.9. The van der Waals surface area contributed by atoms with Gasteiger partial charge in [-0.15, -0.1) is 0 Å². The molecule has 1 spiro atoms. The average molecular weight is 528 g/mol. The molecule has 2 N–H and O–H groups in total. The number of imide groups is 2. The standard InChI is InChI=1S/C22H21FN8O7/c1-8-6-30-14-10(4-22(16(30)9(2)37-8)18(32)26-20(34)27-19(22)33)3-12-15(13(14)23)38-28-17(12)31-11(5-25-29-24)7-36-21(31)35/h3,8-9,11,16H,4-7H2,1-2H3,(H2,26,27,32,33,34)/t8-,9+,11+,16-/m1/s1. The van der Waals surface area contributed by atoms with Crippen molar-refractivity contribution in [3.8, 4) is 0 Å². The number of aromatic nitrogens is 1. The number of fused-ring (bicyclic) bond motifs is 5. The largest absolute Gasteiger partial charge is 0.447 e. The van der Waals surface area contributed by atoms with Crippen molar-refractivity contribution in [3.05, 3.63) is 27.9 Å². The van der Waals surface area contributed by atoms with Crippen LogP contribution in [-0.2, 0) is 25.5 Å². The summed E-state index contributed by atoms with van der Waals surface area (Å²) in [6.45, 7) is 3.41. The number of halogens is 1. The first kappa shape index (κ1) is 23.9. The minimum atomic E-state index is -1.81. The van der Waals surface area contributed by atoms with E-state index in [1.165, 1.54) is 6.07 Å². The third-order valence-electron chi connectivity index (χ3n) is 7.49. The minimum Gasteiger partial charge on any atom is -0.447 e. The minimum absolute atomic E-state index is 0.0602. The van der Waals surface area contributed by atoms with Gasteiger partial charge in [0.15, 0.2) is 17.1 Å². The summed E-state index contributed by atoms with van der Waals surface area (Å²) in [6, 6.07) is -1.07. The number of nitrogens with one attached hydrogen (secondary N) is 2. The number of urea groups is 1. The highest BCUT2D eigenvalue weighted by Gasteiger charge is 2.63. The number of carbonyl (C=O) groups excluding carboxylic acids is 4. The Bertz CT molecular complexity index is 1450. The molecule has 16 heteroatoms. The molecule has 0 radical (unpaired) electrons. The lowest BCUT2D eigenvalue weighted by atomic mass is 9.66. The molecule has 3 saturated heterocycles. The van der Waals surface area contributed by atoms with Crippen LogP contribution in [0.15, 0.2) is 15.7 Å². The summed E-state index contributed by atoms with van der Waals surface area (Å²) in [5.41, 5.74) is 7.03. The van der Waals surface area contributed by atoms with Crippen molar-refractivity contribution in [2.75, 3.05) is 29.5 Å². The van der Waals surface area contributed by atoms with Crippen molar-refractivity contribution in [1.82, 2.24) is 15.8 Å². The van der Waals surface area contributed by atoms with Gasteiger partial charge in [0.2, 0.25) is 17.4 Å². The van der Waals surface area contributed by atoms with E-state index in [0.29, 0.717) is 0 Å². The summed E-state index contributed by atoms with van der Waals surface area (Å²) in [4.78, 5) is 56.5. The summed E-state index contributed by atoms with van der Waals surface area (Å²) in [5, 5.41) is 11.9. The van der Waals surface area contributed by atoms with E-state index in [1.807, 2.05) is 0 Å². The van der Waals surface area contributed by atoms with Crippen LogP contribution in [0.4, 0.5) is 25.5 Å². The van der Waals surface area contributed by atoms with Gasteiger partial charge in [-0.1, -0.05) is 10.3 Å². The van der Waals surface area contributed by atoms with Gasteiger partial charge >= 0.3 is 12.1 Å². The van der Waals surface area contributed by atoms with Crippen molar-refractivity contribution in [3.63, 3.8) is 0 Å². The lowest BCUT2D eigenvalue weighted by molar-refractivity contribution is -0.153. The number of carbonyl (C=O) groups is 4. The number of nitrogens with zero attached hydrogens (tertiary/aromatic N) is 6. The first-order valence-corrected chi connectivity index (χ1v) is 11.8. The van der Waals surface area contributed by atoms with E-state index in [9.17, 15) is 19.2 Å². The molecule has 4 atom stereocenters. The predicted molar refractivity (Wildman–Crippen MR) is 125 cm³/mol. The quantitative estimate of drug-likeness (QED) is 0.257. The van der Waals surface area contributed by atoms with E-state index in [-0.39, 0.29) is 60.3 Å². The topological polar surface area (TPSA) is 192 Å². The van der Waals surface area contributed by atoms with Crippen molar-refractivity contribution >= 4 is 46.4 Å². The van der Waals surface area contributed by atoms with Crippen molar-refractivity contribution in [2.45, 2.75) is 44.6 Å². The van der Waals surface area contributed by atoms with Gasteiger partial charge in [-0.2, -0.15) is 0 Å². The fourth-order valence-electron chi connectivity index (χ4n) is 6.10. The SMILES string of the molecule is C[C@@H]1CN2c3c(cc4c(N5C(=O)OC[C@@H]5CN=[N+]=[N-])noc4c3F)CC3(C(=O)NC(=O)NC3=O)[C@H]2[C@H](C)O1. The van der Waals surface area contributed by atoms with Crippen molar-refractivity contribution < 1.29 is 37.6 Å². The Morgan fingerprint density at radius 3 is 2.71 bits per heavy atom. The van der Waals surface area contributed by atoms with E-state index < -0.39 is 53.4 Å². The van der Waals surface area contributed by atoms with E-state index in [4.69, 9.17) is 19.5 Å². The molecule has 2 aromatic rings. The Morgan fingerprint density at radius 1 is 1.26 bits per heavy atom. The van der Waals surface area contributed by atoms with E-state index in [1.54, 1.807) is 18.7 Å². The first-order valence-electron chi connectivity index (χ1n) is 11.8. The van der Waals surface area contributed by atoms with Gasteiger partial charge in [0, 0.05) is 17.9 Å². The van der Waals surface area contributed by atoms with Crippen LogP contribution >= 0.6 is 0 Å². The predicted octanol–water partition coefficient (Wildman–Crippen LogP) is 1.49. The highest BCUT2D eigenvalue weighted by Crippen LogP contribution is 2.50. The molecule has 1 aromatic carbocycles. The maximum absolute atomic E-state index is 16.2. The number of morpholine rings is 1. The molecule has 0 bridgehead atoms. The maximum Gasteiger partial charge on any atom is 0.416 e. The van der Waals surface area contributed by atoms with Crippen LogP contribution < -0.4 is 20.4 Å². The number of hydrogen-bond donors (Lipinski definition) is 2. The molecule has 5 amide bonds. The average Bonchev–Trinajstić information content (AvgIpc) is 3.43. The van der Waals surface area contributed by atoms with Crippen LogP contribution in [0, 0.1) is 11.2 Å². The molecule has 0 saturated carbocycles. The number of ether oxygens (including phenoxy) is 2. The number of azide groups is 1. The summed E-state index contributed by atoms with van der Waals surface area (Å²) in [5.74, 6) is -2.49. The van der Waals surface area contributed by atoms with Crippen LogP contribution in [0.2, 0.25) is 0 Å². The van der Waals surface area contributed by atoms with Crippen molar-refractivity contribution in [2.24, 2.45) is 10.5 Å². The fourth-order valence-corrected chi connectivity index (χ4v) is 6.10. The molecular weight excluding hydrogens is 507 g/mol. The molecule has 3 fully saturated rings. The second kappa shape index (κ2) is 8.29. The molecular formula is C22H21FN8O7. The highest BCUT2D eigenvalue weighted by atomic mass is 19.1. The molecule has 1 aromatic heterocycles. The number of rotatable bonds is 3. The number of anilines is 2. The lowest BCUT2D eigenvalue weighted by Crippen LogP contribution is -2.75. The molecule has 38 heavy (non-hydrogen) atoms. The van der Waals surface area contributed by atoms with E-state index in [2.05, 4.69) is 25.8 Å². The summed E-state index contributed by atoms with van der Waals surface area (Å²) >= 11 is 0. The van der Waals surface area contributed by atoms with Crippen LogP contribution in [0.3, 0.4) is 0 Å². The number of hydrogen-bond acceptors (Lipinski definition) is 10. The Labute approximate surface area is 212 Å². The van der Waals surface area contributed by atoms with Gasteiger partial charge < -0.3 is 18.9 Å². The van der Waals surface area contributed by atoms with Gasteiger partial charge in [-0.05, 0) is 31.0 Å². The molecule has 6 rings (SSSR count). The maximum atomic E-state index is 16.2. The molecule has 4 aliphatic rings. The summed E-state index contributed by atoms with van der Waals surface area (Å²) in [6.07, 6.45) is -2.10. The molecule has 15 nitrogen and oxygen atoms in total. The summed E-state index contributed by atoms with van der Waals surface area (Å²) in [7, 11) is 0. The molecule has 0 unspecified atom stereocenters. The van der Waals surface area contributed by atoms with Gasteiger partial charge in [0.1, 0.15) is 6.61 Å². The second-order valence-corrected chi connectivity index (χ2v) is 9.73. The second-order valence-electron chi connectivity index (χ2n) is 9.73. The van der Waals surface area contributed by atoms with E-state index >= 15 is 4.39 Å². The van der Waals surface area contributed by atoms with Crippen molar-refractivity contribution in [1.29, 1.82) is 0 Å². The van der Waals surface area contributed by atoms with E-state index in [0.717, 1.165) is 4.90 Å². The fraction of sp³-hybridized carbons (Fsp3) is 0.500. The van der Waals surface area contributed by atoms with Crippen LogP contribution in [-0.4, -0.2) is 73.1 Å². The van der Waals surface area contributed by atoms with Crippen LogP contribution in [0.1, 0.15) is 19.4 Å². The monoisotopic (exact) mass is 528 g/mol. The van der Waals surface area contributed by atoms with Gasteiger partial charge in [0.05, 0.1) is 41.9 Å². The van der Waals surface area contributed by atoms with Crippen LogP contribution in [0.25, 0.3) is 21.4 Å². The van der Waals surface area contributed by atoms with Crippen LogP contribution in [0.5, 0.6) is 0 Å². The Kier molecular flexibility index (Phi) is 5.22. The molecule has 5 heterocycles.